The van der Waals surface area contributed by atoms with Crippen molar-refractivity contribution in [1.29, 1.82) is 0 Å². The molecule has 2 aliphatic rings. The third-order valence-electron chi connectivity index (χ3n) is 6.16. The lowest BCUT2D eigenvalue weighted by molar-refractivity contribution is 0.0946. The zero-order valence-electron chi connectivity index (χ0n) is 17.6. The van der Waals surface area contributed by atoms with Crippen molar-refractivity contribution in [1.82, 2.24) is 10.3 Å². The molecule has 0 unspecified atom stereocenters. The molecule has 6 heteroatoms. The van der Waals surface area contributed by atoms with Crippen molar-refractivity contribution >= 4 is 17.4 Å². The maximum absolute atomic E-state index is 12.2. The van der Waals surface area contributed by atoms with Gasteiger partial charge in [0.05, 0.1) is 13.2 Å². The van der Waals surface area contributed by atoms with Gasteiger partial charge >= 0.3 is 0 Å². The van der Waals surface area contributed by atoms with Gasteiger partial charge in [0.25, 0.3) is 5.91 Å². The summed E-state index contributed by atoms with van der Waals surface area (Å²) >= 11 is 0. The van der Waals surface area contributed by atoms with Gasteiger partial charge in [-0.1, -0.05) is 12.1 Å². The van der Waals surface area contributed by atoms with Crippen LogP contribution >= 0.6 is 0 Å². The Labute approximate surface area is 182 Å². The first-order valence-corrected chi connectivity index (χ1v) is 10.7. The number of hydrogen-bond donors (Lipinski definition) is 2. The number of aromatic nitrogens is 1. The second-order valence-electron chi connectivity index (χ2n) is 8.13. The number of pyridine rings is 1. The average molecular weight is 415 g/mol. The molecule has 3 N–H and O–H groups in total. The number of rotatable bonds is 3. The minimum absolute atomic E-state index is 0.00361. The summed E-state index contributed by atoms with van der Waals surface area (Å²) in [5.41, 5.74) is 14.4. The topological polar surface area (TPSA) is 80.5 Å². The van der Waals surface area contributed by atoms with Crippen molar-refractivity contribution in [3.63, 3.8) is 0 Å². The number of carbonyl (C=O) groups excluding carboxylic acids is 1. The summed E-state index contributed by atoms with van der Waals surface area (Å²) < 4.78 is 5.45. The van der Waals surface area contributed by atoms with Gasteiger partial charge in [-0.15, -0.1) is 0 Å². The normalized spacial score (nSPS) is 16.0. The maximum Gasteiger partial charge on any atom is 0.251 e. The van der Waals surface area contributed by atoms with Gasteiger partial charge in [0.15, 0.2) is 0 Å². The number of aryl methyl sites for hydroxylation is 1. The van der Waals surface area contributed by atoms with E-state index >= 15 is 0 Å². The van der Waals surface area contributed by atoms with Crippen LogP contribution in [-0.4, -0.2) is 43.7 Å². The molecule has 0 atom stereocenters. The first kappa shape index (κ1) is 19.6. The zero-order valence-corrected chi connectivity index (χ0v) is 17.6. The molecular formula is C25H26N4O2. The maximum atomic E-state index is 12.2. The van der Waals surface area contributed by atoms with E-state index in [-0.39, 0.29) is 5.91 Å². The number of nitrogens with zero attached hydrogens (tertiary/aromatic N) is 2. The van der Waals surface area contributed by atoms with E-state index in [1.165, 1.54) is 5.69 Å². The fraction of sp³-hybridized carbons (Fsp3) is 0.280. The number of amides is 1. The molecule has 0 aliphatic carbocycles. The Morgan fingerprint density at radius 2 is 1.77 bits per heavy atom. The average Bonchev–Trinajstić information content (AvgIpc) is 2.81. The van der Waals surface area contributed by atoms with Crippen molar-refractivity contribution in [2.75, 3.05) is 43.5 Å². The molecule has 1 aromatic heterocycles. The van der Waals surface area contributed by atoms with Gasteiger partial charge in [0.1, 0.15) is 5.82 Å². The molecule has 0 radical (unpaired) electrons. The van der Waals surface area contributed by atoms with E-state index in [2.05, 4.69) is 51.6 Å². The van der Waals surface area contributed by atoms with E-state index in [9.17, 15) is 4.79 Å². The molecule has 3 aromatic rings. The number of morpholine rings is 1. The van der Waals surface area contributed by atoms with E-state index in [1.807, 2.05) is 19.2 Å². The number of carbonyl (C=O) groups is 1. The van der Waals surface area contributed by atoms with Gasteiger partial charge < -0.3 is 20.7 Å². The highest BCUT2D eigenvalue weighted by Gasteiger charge is 2.20. The number of ether oxygens (including phenoxy) is 1. The van der Waals surface area contributed by atoms with Crippen LogP contribution in [0.1, 0.15) is 21.5 Å². The van der Waals surface area contributed by atoms with Crippen LogP contribution in [0.2, 0.25) is 0 Å². The Morgan fingerprint density at radius 3 is 2.55 bits per heavy atom. The van der Waals surface area contributed by atoms with Gasteiger partial charge in [-0.05, 0) is 65.9 Å². The van der Waals surface area contributed by atoms with Gasteiger partial charge in [-0.2, -0.15) is 0 Å². The second kappa shape index (κ2) is 8.04. The van der Waals surface area contributed by atoms with E-state index < -0.39 is 0 Å². The fourth-order valence-corrected chi connectivity index (χ4v) is 4.40. The molecular weight excluding hydrogens is 388 g/mol. The highest BCUT2D eigenvalue weighted by molar-refractivity contribution is 5.98. The van der Waals surface area contributed by atoms with Crippen molar-refractivity contribution in [3.8, 4) is 22.3 Å². The molecule has 0 saturated carbocycles. The smallest absolute Gasteiger partial charge is 0.251 e. The van der Waals surface area contributed by atoms with Gasteiger partial charge in [-0.25, -0.2) is 4.98 Å². The lowest BCUT2D eigenvalue weighted by Crippen LogP contribution is -2.36. The summed E-state index contributed by atoms with van der Waals surface area (Å²) in [6.07, 6.45) is 2.65. The van der Waals surface area contributed by atoms with E-state index in [4.69, 9.17) is 10.5 Å². The minimum atomic E-state index is -0.00361. The lowest BCUT2D eigenvalue weighted by atomic mass is 9.90. The Balaban J connectivity index is 1.49. The van der Waals surface area contributed by atoms with Crippen LogP contribution in [0.25, 0.3) is 22.3 Å². The Bertz CT molecular complexity index is 1140. The van der Waals surface area contributed by atoms with Crippen molar-refractivity contribution < 1.29 is 9.53 Å². The van der Waals surface area contributed by atoms with Crippen molar-refractivity contribution in [2.24, 2.45) is 0 Å². The molecule has 158 valence electrons. The molecule has 1 saturated heterocycles. The SMILES string of the molecule is Cc1cc2c(cc1-c1cc(-c3ccc(N4CCOCC4)cc3)cnc1N)CCNC2=O. The number of fused-ring (bicyclic) bond motifs is 1. The Kier molecular flexibility index (Phi) is 5.08. The molecule has 1 amide bonds. The summed E-state index contributed by atoms with van der Waals surface area (Å²) in [6, 6.07) is 14.7. The molecule has 1 fully saturated rings. The molecule has 2 aromatic carbocycles. The first-order chi connectivity index (χ1) is 15.1. The Morgan fingerprint density at radius 1 is 1.00 bits per heavy atom. The van der Waals surface area contributed by atoms with Crippen LogP contribution in [-0.2, 0) is 11.2 Å². The summed E-state index contributed by atoms with van der Waals surface area (Å²) in [6.45, 7) is 6.06. The standard InChI is InChI=1S/C25H26N4O2/c1-16-12-22-18(6-7-27-25(22)30)13-21(16)23-14-19(15-28-24(23)26)17-2-4-20(5-3-17)29-8-10-31-11-9-29/h2-5,12-15H,6-11H2,1H3,(H2,26,28)(H,27,30). The van der Waals surface area contributed by atoms with Crippen LogP contribution in [0, 0.1) is 6.92 Å². The van der Waals surface area contributed by atoms with Gasteiger partial charge in [-0.3, -0.25) is 4.79 Å². The quantitative estimate of drug-likeness (QED) is 0.686. The largest absolute Gasteiger partial charge is 0.383 e. The second-order valence-corrected chi connectivity index (χ2v) is 8.13. The number of benzene rings is 2. The van der Waals surface area contributed by atoms with E-state index in [0.717, 1.165) is 71.7 Å². The highest BCUT2D eigenvalue weighted by Crippen LogP contribution is 2.34. The molecule has 31 heavy (non-hydrogen) atoms. The number of hydrogen-bond acceptors (Lipinski definition) is 5. The molecule has 5 rings (SSSR count). The zero-order chi connectivity index (χ0) is 21.4. The third kappa shape index (κ3) is 3.75. The highest BCUT2D eigenvalue weighted by atomic mass is 16.5. The summed E-state index contributed by atoms with van der Waals surface area (Å²) in [4.78, 5) is 19.0. The number of nitrogens with one attached hydrogen (secondary N) is 1. The fourth-order valence-electron chi connectivity index (χ4n) is 4.40. The summed E-state index contributed by atoms with van der Waals surface area (Å²) in [7, 11) is 0. The van der Waals surface area contributed by atoms with E-state index in [1.54, 1.807) is 0 Å². The molecule has 0 spiro atoms. The predicted molar refractivity (Wildman–Crippen MR) is 123 cm³/mol. The monoisotopic (exact) mass is 414 g/mol. The summed E-state index contributed by atoms with van der Waals surface area (Å²) in [5.74, 6) is 0.494. The van der Waals surface area contributed by atoms with Crippen LogP contribution in [0.3, 0.4) is 0 Å². The number of nitrogen functional groups attached to an aromatic ring is 1. The number of nitrogens with two attached hydrogens (primary N) is 1. The van der Waals surface area contributed by atoms with Gasteiger partial charge in [0, 0.05) is 48.2 Å². The first-order valence-electron chi connectivity index (χ1n) is 10.7. The molecule has 2 aliphatic heterocycles. The Hall–Kier alpha value is -3.38. The predicted octanol–water partition coefficient (Wildman–Crippen LogP) is 3.43. The molecule has 0 bridgehead atoms. The molecule has 6 nitrogen and oxygen atoms in total. The van der Waals surface area contributed by atoms with Crippen molar-refractivity contribution in [3.05, 3.63) is 65.4 Å². The third-order valence-corrected chi connectivity index (χ3v) is 6.16. The van der Waals surface area contributed by atoms with Crippen molar-refractivity contribution in [2.45, 2.75) is 13.3 Å². The van der Waals surface area contributed by atoms with Crippen LogP contribution < -0.4 is 16.0 Å². The summed E-state index contributed by atoms with van der Waals surface area (Å²) in [5, 5.41) is 2.91. The molecule has 3 heterocycles. The van der Waals surface area contributed by atoms with E-state index in [0.29, 0.717) is 12.4 Å². The van der Waals surface area contributed by atoms with Gasteiger partial charge in [0.2, 0.25) is 0 Å². The van der Waals surface area contributed by atoms with Crippen LogP contribution in [0.4, 0.5) is 11.5 Å². The van der Waals surface area contributed by atoms with Crippen LogP contribution in [0.5, 0.6) is 0 Å². The minimum Gasteiger partial charge on any atom is -0.383 e. The lowest BCUT2D eigenvalue weighted by Gasteiger charge is -2.28. The number of anilines is 2. The van der Waals surface area contributed by atoms with Crippen LogP contribution in [0.15, 0.2) is 48.7 Å².